The third-order valence-corrected chi connectivity index (χ3v) is 4.07. The summed E-state index contributed by atoms with van der Waals surface area (Å²) in [5.74, 6) is 0. The van der Waals surface area contributed by atoms with Gasteiger partial charge >= 0.3 is 0 Å². The molecule has 1 aliphatic heterocycles. The molecule has 1 saturated heterocycles. The minimum absolute atomic E-state index is 0.0181. The minimum atomic E-state index is -0.0181. The number of hydrogen-bond acceptors (Lipinski definition) is 2. The van der Waals surface area contributed by atoms with E-state index in [1.54, 1.807) is 0 Å². The Hall–Kier alpha value is -0.860. The first kappa shape index (κ1) is 12.6. The van der Waals surface area contributed by atoms with Crippen LogP contribution in [-0.2, 0) is 11.8 Å². The molecule has 0 radical (unpaired) electrons. The summed E-state index contributed by atoms with van der Waals surface area (Å²) in [6, 6.07) is 8.82. The fourth-order valence-corrected chi connectivity index (χ4v) is 2.76. The maximum absolute atomic E-state index is 9.82. The third kappa shape index (κ3) is 2.70. The van der Waals surface area contributed by atoms with Gasteiger partial charge in [-0.15, -0.1) is 0 Å². The van der Waals surface area contributed by atoms with E-state index in [4.69, 9.17) is 0 Å². The van der Waals surface area contributed by atoms with Gasteiger partial charge in [0.25, 0.3) is 0 Å². The van der Waals surface area contributed by atoms with Gasteiger partial charge in [-0.1, -0.05) is 31.2 Å². The molecule has 0 spiro atoms. The summed E-state index contributed by atoms with van der Waals surface area (Å²) in [6.45, 7) is 4.53. The van der Waals surface area contributed by atoms with Crippen LogP contribution in [0.1, 0.15) is 37.3 Å². The van der Waals surface area contributed by atoms with Crippen LogP contribution in [0.3, 0.4) is 0 Å². The Kier molecular flexibility index (Phi) is 4.19. The summed E-state index contributed by atoms with van der Waals surface area (Å²) < 4.78 is 0. The average Bonchev–Trinajstić information content (AvgIpc) is 2.65. The van der Waals surface area contributed by atoms with Crippen molar-refractivity contribution in [3.05, 3.63) is 35.4 Å². The van der Waals surface area contributed by atoms with E-state index in [0.29, 0.717) is 0 Å². The smallest absolute Gasteiger partial charge is 0.0528 e. The summed E-state index contributed by atoms with van der Waals surface area (Å²) in [6.07, 6.45) is 4.35. The van der Waals surface area contributed by atoms with Crippen molar-refractivity contribution >= 4 is 0 Å². The fraction of sp³-hybridized carbons (Fsp3) is 0.600. The summed E-state index contributed by atoms with van der Waals surface area (Å²) in [7, 11) is 0. The molecule has 1 aliphatic rings. The number of aliphatic hydroxyl groups is 1. The lowest BCUT2D eigenvalue weighted by Gasteiger charge is -2.31. The molecule has 94 valence electrons. The van der Waals surface area contributed by atoms with Crippen molar-refractivity contribution in [2.45, 2.75) is 38.0 Å². The number of rotatable bonds is 3. The van der Waals surface area contributed by atoms with E-state index in [1.807, 2.05) is 0 Å². The molecule has 2 N–H and O–H groups in total. The van der Waals surface area contributed by atoms with Gasteiger partial charge in [0.2, 0.25) is 0 Å². The first-order valence-electron chi connectivity index (χ1n) is 6.72. The van der Waals surface area contributed by atoms with Crippen LogP contribution in [0, 0.1) is 0 Å². The number of aliphatic hydroxyl groups excluding tert-OH is 1. The van der Waals surface area contributed by atoms with Gasteiger partial charge in [-0.2, -0.15) is 0 Å². The number of aryl methyl sites for hydroxylation is 1. The summed E-state index contributed by atoms with van der Waals surface area (Å²) >= 11 is 0. The Labute approximate surface area is 104 Å². The molecule has 0 amide bonds. The summed E-state index contributed by atoms with van der Waals surface area (Å²) in [4.78, 5) is 0. The van der Waals surface area contributed by atoms with E-state index in [2.05, 4.69) is 36.5 Å². The molecule has 1 aromatic rings. The second kappa shape index (κ2) is 5.65. The second-order valence-electron chi connectivity index (χ2n) is 5.09. The molecule has 1 aromatic carbocycles. The standard InChI is InChI=1S/C15H23NO/c1-2-13-4-6-14(7-5-13)15(12-17)8-3-10-16-11-9-15/h4-7,16-17H,2-3,8-12H2,1H3. The quantitative estimate of drug-likeness (QED) is 0.839. The second-order valence-corrected chi connectivity index (χ2v) is 5.09. The van der Waals surface area contributed by atoms with Crippen molar-refractivity contribution in [2.24, 2.45) is 0 Å². The van der Waals surface area contributed by atoms with E-state index < -0.39 is 0 Å². The SMILES string of the molecule is CCc1ccc(C2(CO)CCCNCC2)cc1. The first-order chi connectivity index (χ1) is 8.30. The summed E-state index contributed by atoms with van der Waals surface area (Å²) in [5.41, 5.74) is 2.66. The van der Waals surface area contributed by atoms with Gasteiger partial charge in [0.1, 0.15) is 0 Å². The van der Waals surface area contributed by atoms with Crippen LogP contribution in [0.15, 0.2) is 24.3 Å². The van der Waals surface area contributed by atoms with Crippen molar-refractivity contribution < 1.29 is 5.11 Å². The zero-order chi connectivity index (χ0) is 12.1. The highest BCUT2D eigenvalue weighted by atomic mass is 16.3. The van der Waals surface area contributed by atoms with Gasteiger partial charge in [0.15, 0.2) is 0 Å². The molecule has 1 heterocycles. The van der Waals surface area contributed by atoms with Crippen LogP contribution < -0.4 is 5.32 Å². The predicted molar refractivity (Wildman–Crippen MR) is 71.3 cm³/mol. The monoisotopic (exact) mass is 233 g/mol. The molecule has 1 atom stereocenters. The van der Waals surface area contributed by atoms with E-state index >= 15 is 0 Å². The maximum atomic E-state index is 9.82. The zero-order valence-electron chi connectivity index (χ0n) is 10.7. The normalized spacial score (nSPS) is 25.5. The molecule has 0 aliphatic carbocycles. The molecular formula is C15H23NO. The zero-order valence-corrected chi connectivity index (χ0v) is 10.7. The molecular weight excluding hydrogens is 210 g/mol. The van der Waals surface area contributed by atoms with Crippen molar-refractivity contribution in [1.82, 2.24) is 5.32 Å². The van der Waals surface area contributed by atoms with E-state index in [1.165, 1.54) is 11.1 Å². The molecule has 2 nitrogen and oxygen atoms in total. The minimum Gasteiger partial charge on any atom is -0.395 e. The highest BCUT2D eigenvalue weighted by Gasteiger charge is 2.31. The molecule has 0 saturated carbocycles. The Morgan fingerprint density at radius 1 is 1.18 bits per heavy atom. The first-order valence-corrected chi connectivity index (χ1v) is 6.72. The number of nitrogens with one attached hydrogen (secondary N) is 1. The molecule has 0 bridgehead atoms. The Morgan fingerprint density at radius 3 is 2.59 bits per heavy atom. The highest BCUT2D eigenvalue weighted by Crippen LogP contribution is 2.33. The van der Waals surface area contributed by atoms with Gasteiger partial charge in [-0.3, -0.25) is 0 Å². The molecule has 2 heteroatoms. The van der Waals surface area contributed by atoms with Gasteiger partial charge in [-0.05, 0) is 49.9 Å². The van der Waals surface area contributed by atoms with Crippen LogP contribution in [0.25, 0.3) is 0 Å². The molecule has 2 rings (SSSR count). The molecule has 17 heavy (non-hydrogen) atoms. The van der Waals surface area contributed by atoms with Crippen molar-refractivity contribution in [2.75, 3.05) is 19.7 Å². The van der Waals surface area contributed by atoms with E-state index in [9.17, 15) is 5.11 Å². The lowest BCUT2D eigenvalue weighted by Crippen LogP contribution is -2.31. The average molecular weight is 233 g/mol. The van der Waals surface area contributed by atoms with Crippen LogP contribution in [0.2, 0.25) is 0 Å². The topological polar surface area (TPSA) is 32.3 Å². The Morgan fingerprint density at radius 2 is 1.94 bits per heavy atom. The third-order valence-electron chi connectivity index (χ3n) is 4.07. The number of hydrogen-bond donors (Lipinski definition) is 2. The van der Waals surface area contributed by atoms with Crippen molar-refractivity contribution in [3.8, 4) is 0 Å². The highest BCUT2D eigenvalue weighted by molar-refractivity contribution is 5.30. The van der Waals surface area contributed by atoms with Crippen LogP contribution in [-0.4, -0.2) is 24.8 Å². The molecule has 1 fully saturated rings. The van der Waals surface area contributed by atoms with Crippen LogP contribution in [0.4, 0.5) is 0 Å². The van der Waals surface area contributed by atoms with Crippen molar-refractivity contribution in [3.63, 3.8) is 0 Å². The fourth-order valence-electron chi connectivity index (χ4n) is 2.76. The Bertz CT molecular complexity index is 336. The van der Waals surface area contributed by atoms with Gasteiger partial charge in [0, 0.05) is 5.41 Å². The van der Waals surface area contributed by atoms with Crippen LogP contribution in [0.5, 0.6) is 0 Å². The number of benzene rings is 1. The Balaban J connectivity index is 2.25. The van der Waals surface area contributed by atoms with Gasteiger partial charge < -0.3 is 10.4 Å². The van der Waals surface area contributed by atoms with E-state index in [0.717, 1.165) is 38.8 Å². The lowest BCUT2D eigenvalue weighted by molar-refractivity contribution is 0.179. The maximum Gasteiger partial charge on any atom is 0.0528 e. The van der Waals surface area contributed by atoms with Crippen molar-refractivity contribution in [1.29, 1.82) is 0 Å². The largest absolute Gasteiger partial charge is 0.395 e. The lowest BCUT2D eigenvalue weighted by atomic mass is 9.75. The predicted octanol–water partition coefficient (Wildman–Crippen LogP) is 2.25. The van der Waals surface area contributed by atoms with E-state index in [-0.39, 0.29) is 12.0 Å². The molecule has 0 aromatic heterocycles. The summed E-state index contributed by atoms with van der Waals surface area (Å²) in [5, 5.41) is 13.2. The van der Waals surface area contributed by atoms with Crippen LogP contribution >= 0.6 is 0 Å². The van der Waals surface area contributed by atoms with Gasteiger partial charge in [0.05, 0.1) is 6.61 Å². The van der Waals surface area contributed by atoms with Gasteiger partial charge in [-0.25, -0.2) is 0 Å². The molecule has 1 unspecified atom stereocenters.